The summed E-state index contributed by atoms with van der Waals surface area (Å²) in [5.74, 6) is -7.78. The molecule has 596 valence electrons. The molecule has 0 radical (unpaired) electrons. The Bertz CT molecular complexity index is 2730. The number of nitrogens with one attached hydrogen (secondary N) is 3. The number of aliphatic hydroxyl groups is 23. The highest BCUT2D eigenvalue weighted by atomic mass is 16.8. The summed E-state index contributed by atoms with van der Waals surface area (Å²) < 4.78 is 87.2. The van der Waals surface area contributed by atoms with Crippen molar-refractivity contribution in [1.82, 2.24) is 16.0 Å². The van der Waals surface area contributed by atoms with Crippen molar-refractivity contribution in [2.45, 2.75) is 285 Å². The van der Waals surface area contributed by atoms with Crippen molar-refractivity contribution in [3.8, 4) is 0 Å². The quantitative estimate of drug-likeness (QED) is 0.0363. The minimum Gasteiger partial charge on any atom is -0.477 e. The number of aliphatic carboxylic acids is 1. The highest BCUT2D eigenvalue weighted by Crippen LogP contribution is 2.40. The lowest BCUT2D eigenvalue weighted by atomic mass is 9.88. The standard InChI is InChI=1S/C57H95N3O43/c1-13-28(71)35(78)40(83)52(91-13)102-48-37(80)30(73)19(7-62)94-55(48)100-45-27(60-16(4)68)51(93-20(8-63)32(45)75)101-47-33(76)23(96-54(42(47)85)99-44-21(9-64)92-49(86)39(82)38(44)81)11-89-50-26(59-15(3)67)34(77)43(22(10-65)95-50)98-53-41(84)36(79)31(74)24(97-53)12-90-57(56(87)88)5-17(69)25(58-14(2)66)46(103-57)29(72)18(70)6-61/h13,17-55,61-65,69-86H,5-12H2,1-4H3,(H,58,66)(H,59,67)(H,60,68)(H,87,88)/t13-,17-,18+,19+,20+,21+,22+,23+,24+,25+,26+,27+,28+,29+,30-,31-,32+,33-,34+,35+,36-,37-,38+,39+,40-,41+,42+,43+,44+,45+,46+,47-,48+,49?,50+,51-,52-,53-,54-,55-,57+/m0/s1. The molecule has 8 fully saturated rings. The molecule has 0 aromatic rings. The Morgan fingerprint density at radius 1 is 0.417 bits per heavy atom. The molecular weight excluding hydrogens is 1410 g/mol. The summed E-state index contributed by atoms with van der Waals surface area (Å²) in [4.78, 5) is 51.0. The van der Waals surface area contributed by atoms with Gasteiger partial charge in [0, 0.05) is 27.2 Å². The molecule has 0 saturated carbocycles. The van der Waals surface area contributed by atoms with Gasteiger partial charge in [-0.25, -0.2) is 4.79 Å². The Morgan fingerprint density at radius 2 is 0.854 bits per heavy atom. The Hall–Kier alpha value is -3.64. The second-order valence-corrected chi connectivity index (χ2v) is 26.1. The fourth-order valence-corrected chi connectivity index (χ4v) is 13.1. The lowest BCUT2D eigenvalue weighted by Gasteiger charge is -2.51. The zero-order chi connectivity index (χ0) is 76.3. The van der Waals surface area contributed by atoms with Gasteiger partial charge in [0.15, 0.2) is 44.0 Å². The van der Waals surface area contributed by atoms with E-state index in [0.717, 1.165) is 20.8 Å². The van der Waals surface area contributed by atoms with E-state index in [1.54, 1.807) is 0 Å². The molecule has 1 unspecified atom stereocenters. The van der Waals surface area contributed by atoms with Gasteiger partial charge in [-0.05, 0) is 6.92 Å². The van der Waals surface area contributed by atoms with Crippen LogP contribution >= 0.6 is 0 Å². The molecule has 0 aromatic heterocycles. The zero-order valence-electron chi connectivity index (χ0n) is 55.2. The smallest absolute Gasteiger partial charge is 0.364 e. The number of carbonyl (C=O) groups excluding carboxylic acids is 3. The van der Waals surface area contributed by atoms with E-state index < -0.39 is 327 Å². The van der Waals surface area contributed by atoms with Crippen LogP contribution in [0.3, 0.4) is 0 Å². The molecule has 46 heteroatoms. The van der Waals surface area contributed by atoms with Gasteiger partial charge in [0.1, 0.15) is 183 Å². The molecule has 0 aliphatic carbocycles. The number of hydrogen-bond donors (Lipinski definition) is 27. The van der Waals surface area contributed by atoms with Crippen LogP contribution < -0.4 is 16.0 Å². The first kappa shape index (κ1) is 85.0. The molecule has 8 aliphatic rings. The largest absolute Gasteiger partial charge is 0.477 e. The number of carboxylic acids is 1. The average molecular weight is 1510 g/mol. The number of hydrogen-bond acceptors (Lipinski definition) is 42. The van der Waals surface area contributed by atoms with Crippen LogP contribution in [0.5, 0.6) is 0 Å². The van der Waals surface area contributed by atoms with Crippen molar-refractivity contribution in [1.29, 1.82) is 0 Å². The topological polar surface area (TPSA) is 728 Å². The molecule has 8 heterocycles. The van der Waals surface area contributed by atoms with Gasteiger partial charge in [0.25, 0.3) is 5.79 Å². The van der Waals surface area contributed by atoms with Crippen molar-refractivity contribution in [2.24, 2.45) is 0 Å². The maximum absolute atomic E-state index is 13.2. The molecule has 41 atom stereocenters. The highest BCUT2D eigenvalue weighted by molar-refractivity contribution is 5.77. The number of carboxylic acid groups (broad SMARTS) is 1. The van der Waals surface area contributed by atoms with Gasteiger partial charge in [-0.15, -0.1) is 0 Å². The van der Waals surface area contributed by atoms with Crippen LogP contribution in [0.25, 0.3) is 0 Å². The number of carbonyl (C=O) groups is 4. The van der Waals surface area contributed by atoms with Crippen LogP contribution in [-0.4, -0.2) is 444 Å². The number of ether oxygens (including phenoxy) is 15. The van der Waals surface area contributed by atoms with Crippen molar-refractivity contribution in [3.63, 3.8) is 0 Å². The summed E-state index contributed by atoms with van der Waals surface area (Å²) in [7, 11) is 0. The molecule has 27 N–H and O–H groups in total. The fourth-order valence-electron chi connectivity index (χ4n) is 13.1. The van der Waals surface area contributed by atoms with E-state index in [2.05, 4.69) is 16.0 Å². The Morgan fingerprint density at radius 3 is 1.43 bits per heavy atom. The summed E-state index contributed by atoms with van der Waals surface area (Å²) in [5, 5.41) is 269. The van der Waals surface area contributed by atoms with E-state index in [4.69, 9.17) is 71.1 Å². The van der Waals surface area contributed by atoms with Crippen LogP contribution in [0.4, 0.5) is 0 Å². The molecule has 0 bridgehead atoms. The number of amides is 3. The SMILES string of the molecule is CC(=O)N[C@H]1[C@H](OC[C@H]2O[C@@H](O[C@H]3[C@H](O)[C@@H](O)C(O)O[C@@H]3CO)[C@H](O)[C@@H](O[C@@H]3O[C@H](CO)[C@@H](O)[C@H](O[C@@H]4O[C@H](CO)[C@H](O)[C@H](O)[C@H]4O[C@@H]4O[C@@H](C)[C@@H](O)[C@@H](O)[C@@H]4O)[C@H]3NC(C)=O)[C@H]2O)O[C@H](CO)[C@@H](O[C@@H]2O[C@H](CO[C@]3(C(=O)O)C[C@H](O)[C@@H](NC(C)=O)[C@H]([C@H](O)[C@H](O)CO)O3)[C@H](O)[C@H](O)[C@H]2O)[C@@H]1O. The van der Waals surface area contributed by atoms with Gasteiger partial charge >= 0.3 is 5.97 Å². The van der Waals surface area contributed by atoms with Crippen molar-refractivity contribution in [2.75, 3.05) is 46.2 Å². The molecule has 3 amide bonds. The van der Waals surface area contributed by atoms with E-state index in [0.29, 0.717) is 0 Å². The monoisotopic (exact) mass is 1510 g/mol. The Balaban J connectivity index is 1.05. The van der Waals surface area contributed by atoms with Gasteiger partial charge < -0.3 is 210 Å². The normalized spacial score (nSPS) is 48.3. The maximum Gasteiger partial charge on any atom is 0.364 e. The molecule has 8 saturated heterocycles. The average Bonchev–Trinajstić information content (AvgIpc) is 0.772. The minimum absolute atomic E-state index is 0.818. The Kier molecular flexibility index (Phi) is 29.9. The first-order valence-corrected chi connectivity index (χ1v) is 32.6. The van der Waals surface area contributed by atoms with Crippen LogP contribution in [0.2, 0.25) is 0 Å². The van der Waals surface area contributed by atoms with Gasteiger partial charge in [0.2, 0.25) is 17.7 Å². The van der Waals surface area contributed by atoms with E-state index in [-0.39, 0.29) is 0 Å². The third kappa shape index (κ3) is 18.6. The van der Waals surface area contributed by atoms with Crippen LogP contribution in [0.1, 0.15) is 34.1 Å². The molecule has 46 nitrogen and oxygen atoms in total. The minimum atomic E-state index is -3.04. The van der Waals surface area contributed by atoms with E-state index >= 15 is 0 Å². The first-order valence-electron chi connectivity index (χ1n) is 32.6. The van der Waals surface area contributed by atoms with Gasteiger partial charge in [-0.3, -0.25) is 14.4 Å². The maximum atomic E-state index is 13.2. The van der Waals surface area contributed by atoms with E-state index in [1.165, 1.54) is 6.92 Å². The van der Waals surface area contributed by atoms with E-state index in [9.17, 15) is 142 Å². The van der Waals surface area contributed by atoms with Crippen LogP contribution in [0.15, 0.2) is 0 Å². The van der Waals surface area contributed by atoms with Gasteiger partial charge in [-0.2, -0.15) is 0 Å². The summed E-state index contributed by atoms with van der Waals surface area (Å²) in [6, 6.07) is -5.50. The third-order valence-electron chi connectivity index (χ3n) is 18.8. The van der Waals surface area contributed by atoms with E-state index in [1.807, 2.05) is 0 Å². The second-order valence-electron chi connectivity index (χ2n) is 26.1. The zero-order valence-corrected chi connectivity index (χ0v) is 55.2. The molecule has 0 spiro atoms. The fraction of sp³-hybridized carbons (Fsp3) is 0.930. The first-order chi connectivity index (χ1) is 48.5. The predicted molar refractivity (Wildman–Crippen MR) is 315 cm³/mol. The molecule has 8 aliphatic heterocycles. The van der Waals surface area contributed by atoms with Gasteiger partial charge in [0.05, 0.1) is 64.5 Å². The second kappa shape index (κ2) is 36.3. The van der Waals surface area contributed by atoms with Crippen molar-refractivity contribution >= 4 is 23.7 Å². The Labute approximate surface area is 582 Å². The molecule has 103 heavy (non-hydrogen) atoms. The lowest BCUT2D eigenvalue weighted by molar-refractivity contribution is -0.391. The summed E-state index contributed by atoms with van der Waals surface area (Å²) in [6.07, 6.45) is -77.2. The van der Waals surface area contributed by atoms with Gasteiger partial charge in [-0.1, -0.05) is 0 Å². The van der Waals surface area contributed by atoms with Crippen molar-refractivity contribution < 1.29 is 213 Å². The summed E-state index contributed by atoms with van der Waals surface area (Å²) >= 11 is 0. The summed E-state index contributed by atoms with van der Waals surface area (Å²) in [6.45, 7) is -3.68. The molecule has 8 rings (SSSR count). The number of aliphatic hydroxyl groups excluding tert-OH is 23. The highest BCUT2D eigenvalue weighted by Gasteiger charge is 2.61. The van der Waals surface area contributed by atoms with Crippen molar-refractivity contribution in [3.05, 3.63) is 0 Å². The predicted octanol–water partition coefficient (Wildman–Crippen LogP) is -17.8. The van der Waals surface area contributed by atoms with Crippen LogP contribution in [-0.2, 0) is 90.2 Å². The number of rotatable bonds is 27. The molecular formula is C57H95N3O43. The third-order valence-corrected chi connectivity index (χ3v) is 18.8. The molecule has 0 aromatic carbocycles. The summed E-state index contributed by atoms with van der Waals surface area (Å²) in [5.41, 5.74) is 0. The van der Waals surface area contributed by atoms with Crippen LogP contribution in [0, 0.1) is 0 Å². The lowest BCUT2D eigenvalue weighted by Crippen LogP contribution is -2.70.